The molecule has 182 valence electrons. The molecule has 3 aliphatic heterocycles. The normalized spacial score (nSPS) is 23.2. The number of ether oxygens (including phenoxy) is 3. The van der Waals surface area contributed by atoms with Gasteiger partial charge in [-0.05, 0) is 68.4 Å². The third kappa shape index (κ3) is 5.29. The Hall–Kier alpha value is -2.42. The van der Waals surface area contributed by atoms with Crippen LogP contribution >= 0.6 is 11.8 Å². The summed E-state index contributed by atoms with van der Waals surface area (Å²) in [5.41, 5.74) is 1.15. The second-order valence-corrected chi connectivity index (χ2v) is 10.6. The van der Waals surface area contributed by atoms with E-state index in [1.807, 2.05) is 30.0 Å². The van der Waals surface area contributed by atoms with Crippen LogP contribution in [-0.4, -0.2) is 85.6 Å². The summed E-state index contributed by atoms with van der Waals surface area (Å²) < 4.78 is 16.3. The van der Waals surface area contributed by atoms with Crippen molar-refractivity contribution in [3.8, 4) is 17.2 Å². The van der Waals surface area contributed by atoms with Crippen LogP contribution in [0, 0.1) is 0 Å². The number of carbonyl (C=O) groups is 1. The number of thioether (sulfide) groups is 1. The number of rotatable bonds is 6. The standard InChI is InChI=1S/C26H33N3O4S/c1-27-10-3-11-28(13-12-27)26(30)23-15-22(34-21-7-5-20(31-2)6-8-21)17-29(23)16-19-4-9-24-25(14-19)33-18-32-24/h4-9,14,22-23H,3,10-13,15-18H2,1-2H3/t22-,23+/m1/s1. The molecule has 34 heavy (non-hydrogen) atoms. The van der Waals surface area contributed by atoms with E-state index < -0.39 is 0 Å². The highest BCUT2D eigenvalue weighted by molar-refractivity contribution is 8.00. The minimum absolute atomic E-state index is 0.107. The highest BCUT2D eigenvalue weighted by atomic mass is 32.2. The van der Waals surface area contributed by atoms with Gasteiger partial charge < -0.3 is 24.0 Å². The molecule has 0 saturated carbocycles. The van der Waals surface area contributed by atoms with Crippen LogP contribution < -0.4 is 14.2 Å². The average Bonchev–Trinajstić information content (AvgIpc) is 3.41. The number of likely N-dealkylation sites (tertiary alicyclic amines) is 1. The zero-order valence-electron chi connectivity index (χ0n) is 19.9. The Morgan fingerprint density at radius 2 is 1.88 bits per heavy atom. The molecule has 0 unspecified atom stereocenters. The maximum atomic E-state index is 13.7. The molecule has 0 aromatic heterocycles. The molecule has 0 aliphatic carbocycles. The van der Waals surface area contributed by atoms with Gasteiger partial charge in [-0.25, -0.2) is 0 Å². The van der Waals surface area contributed by atoms with E-state index in [-0.39, 0.29) is 18.7 Å². The van der Waals surface area contributed by atoms with Gasteiger partial charge in [-0.1, -0.05) is 6.07 Å². The molecule has 0 radical (unpaired) electrons. The van der Waals surface area contributed by atoms with Crippen LogP contribution in [0.25, 0.3) is 0 Å². The van der Waals surface area contributed by atoms with Crippen molar-refractivity contribution in [1.29, 1.82) is 0 Å². The number of methoxy groups -OCH3 is 1. The first-order chi connectivity index (χ1) is 16.6. The van der Waals surface area contributed by atoms with Crippen molar-refractivity contribution < 1.29 is 19.0 Å². The van der Waals surface area contributed by atoms with E-state index in [2.05, 4.69) is 46.0 Å². The summed E-state index contributed by atoms with van der Waals surface area (Å²) in [6.45, 7) is 5.49. The summed E-state index contributed by atoms with van der Waals surface area (Å²) >= 11 is 1.86. The molecule has 2 fully saturated rings. The largest absolute Gasteiger partial charge is 0.497 e. The van der Waals surface area contributed by atoms with Gasteiger partial charge in [-0.2, -0.15) is 0 Å². The minimum atomic E-state index is -0.107. The molecule has 7 nitrogen and oxygen atoms in total. The third-order valence-corrected chi connectivity index (χ3v) is 8.09. The molecule has 2 aromatic rings. The Morgan fingerprint density at radius 1 is 1.06 bits per heavy atom. The quantitative estimate of drug-likeness (QED) is 0.625. The van der Waals surface area contributed by atoms with Gasteiger partial charge in [0.15, 0.2) is 11.5 Å². The molecular weight excluding hydrogens is 450 g/mol. The summed E-state index contributed by atoms with van der Waals surface area (Å²) in [5, 5.41) is 0.353. The molecular formula is C26H33N3O4S. The summed E-state index contributed by atoms with van der Waals surface area (Å²) in [7, 11) is 3.82. The fourth-order valence-corrected chi connectivity index (χ4v) is 6.20. The molecule has 0 N–H and O–H groups in total. The number of amides is 1. The zero-order valence-corrected chi connectivity index (χ0v) is 20.8. The van der Waals surface area contributed by atoms with Crippen LogP contribution in [0.1, 0.15) is 18.4 Å². The predicted octanol–water partition coefficient (Wildman–Crippen LogP) is 3.32. The molecule has 3 heterocycles. The molecule has 2 atom stereocenters. The Morgan fingerprint density at radius 3 is 2.71 bits per heavy atom. The second kappa shape index (κ2) is 10.5. The maximum absolute atomic E-state index is 13.7. The van der Waals surface area contributed by atoms with Gasteiger partial charge >= 0.3 is 0 Å². The van der Waals surface area contributed by atoms with Gasteiger partial charge in [0.1, 0.15) is 5.75 Å². The summed E-state index contributed by atoms with van der Waals surface area (Å²) in [5.74, 6) is 2.71. The Balaban J connectivity index is 1.32. The molecule has 5 rings (SSSR count). The molecule has 8 heteroatoms. The van der Waals surface area contributed by atoms with Gasteiger partial charge in [-0.3, -0.25) is 9.69 Å². The van der Waals surface area contributed by atoms with Gasteiger partial charge in [0.05, 0.1) is 13.2 Å². The average molecular weight is 484 g/mol. The van der Waals surface area contributed by atoms with Crippen molar-refractivity contribution in [1.82, 2.24) is 14.7 Å². The number of fused-ring (bicyclic) bond motifs is 1. The second-order valence-electron chi connectivity index (χ2n) is 9.27. The molecule has 3 aliphatic rings. The van der Waals surface area contributed by atoms with Gasteiger partial charge in [0.25, 0.3) is 0 Å². The lowest BCUT2D eigenvalue weighted by molar-refractivity contribution is -0.136. The fourth-order valence-electron chi connectivity index (χ4n) is 4.98. The number of nitrogens with zero attached hydrogens (tertiary/aromatic N) is 3. The third-order valence-electron chi connectivity index (χ3n) is 6.87. The lowest BCUT2D eigenvalue weighted by Crippen LogP contribution is -2.46. The van der Waals surface area contributed by atoms with Gasteiger partial charge in [-0.15, -0.1) is 11.8 Å². The summed E-state index contributed by atoms with van der Waals surface area (Å²) in [4.78, 5) is 21.7. The van der Waals surface area contributed by atoms with Gasteiger partial charge in [0.2, 0.25) is 12.7 Å². The highest BCUT2D eigenvalue weighted by Gasteiger charge is 2.39. The lowest BCUT2D eigenvalue weighted by atomic mass is 10.1. The van der Waals surface area contributed by atoms with Crippen molar-refractivity contribution in [3.05, 3.63) is 48.0 Å². The van der Waals surface area contributed by atoms with Crippen molar-refractivity contribution in [3.63, 3.8) is 0 Å². The summed E-state index contributed by atoms with van der Waals surface area (Å²) in [6.07, 6.45) is 1.88. The first-order valence-electron chi connectivity index (χ1n) is 12.0. The summed E-state index contributed by atoms with van der Waals surface area (Å²) in [6, 6.07) is 14.2. The van der Waals surface area contributed by atoms with Crippen LogP contribution in [-0.2, 0) is 11.3 Å². The van der Waals surface area contributed by atoms with Gasteiger partial charge in [0, 0.05) is 42.9 Å². The molecule has 1 amide bonds. The van der Waals surface area contributed by atoms with Crippen LogP contribution in [0.5, 0.6) is 17.2 Å². The molecule has 2 saturated heterocycles. The monoisotopic (exact) mass is 483 g/mol. The smallest absolute Gasteiger partial charge is 0.240 e. The highest BCUT2D eigenvalue weighted by Crippen LogP contribution is 2.37. The van der Waals surface area contributed by atoms with E-state index in [4.69, 9.17) is 14.2 Å². The predicted molar refractivity (Wildman–Crippen MR) is 133 cm³/mol. The first kappa shape index (κ1) is 23.3. The number of hydrogen-bond acceptors (Lipinski definition) is 7. The number of hydrogen-bond donors (Lipinski definition) is 0. The molecule has 0 bridgehead atoms. The van der Waals surface area contributed by atoms with Crippen molar-refractivity contribution in [2.45, 2.75) is 35.6 Å². The van der Waals surface area contributed by atoms with E-state index >= 15 is 0 Å². The first-order valence-corrected chi connectivity index (χ1v) is 12.9. The van der Waals surface area contributed by atoms with E-state index in [0.717, 1.165) is 74.9 Å². The Labute approximate surface area is 205 Å². The topological polar surface area (TPSA) is 54.5 Å². The van der Waals surface area contributed by atoms with E-state index in [9.17, 15) is 4.79 Å². The van der Waals surface area contributed by atoms with E-state index in [1.165, 1.54) is 4.90 Å². The van der Waals surface area contributed by atoms with E-state index in [0.29, 0.717) is 5.25 Å². The van der Waals surface area contributed by atoms with Crippen molar-refractivity contribution in [2.24, 2.45) is 0 Å². The molecule has 0 spiro atoms. The lowest BCUT2D eigenvalue weighted by Gasteiger charge is -2.29. The fraction of sp³-hybridized carbons (Fsp3) is 0.500. The number of carbonyl (C=O) groups excluding carboxylic acids is 1. The van der Waals surface area contributed by atoms with Crippen molar-refractivity contribution >= 4 is 17.7 Å². The van der Waals surface area contributed by atoms with Crippen LogP contribution in [0.2, 0.25) is 0 Å². The van der Waals surface area contributed by atoms with E-state index in [1.54, 1.807) is 7.11 Å². The van der Waals surface area contributed by atoms with Crippen LogP contribution in [0.15, 0.2) is 47.4 Å². The van der Waals surface area contributed by atoms with Crippen LogP contribution in [0.4, 0.5) is 0 Å². The maximum Gasteiger partial charge on any atom is 0.240 e. The Kier molecular flexibility index (Phi) is 7.18. The zero-order chi connectivity index (χ0) is 23.5. The van der Waals surface area contributed by atoms with Crippen molar-refractivity contribution in [2.75, 3.05) is 53.7 Å². The van der Waals surface area contributed by atoms with Crippen LogP contribution in [0.3, 0.4) is 0 Å². The SMILES string of the molecule is COc1ccc(S[C@@H]2C[C@@H](C(=O)N3CCCN(C)CC3)N(Cc3ccc4c(c3)OCO4)C2)cc1. The Bertz CT molecular complexity index is 1000. The number of benzene rings is 2. The minimum Gasteiger partial charge on any atom is -0.497 e. The molecule has 2 aromatic carbocycles. The number of likely N-dealkylation sites (N-methyl/N-ethyl adjacent to an activating group) is 1.